The second kappa shape index (κ2) is 10.6. The molecule has 2 aromatic heterocycles. The number of ether oxygens (including phenoxy) is 1. The highest BCUT2D eigenvalue weighted by molar-refractivity contribution is 5.91. The van der Waals surface area contributed by atoms with E-state index in [-0.39, 0.29) is 12.6 Å². The third kappa shape index (κ3) is 5.93. The van der Waals surface area contributed by atoms with Crippen molar-refractivity contribution in [3.8, 4) is 22.4 Å². The quantitative estimate of drug-likeness (QED) is 0.463. The van der Waals surface area contributed by atoms with Crippen molar-refractivity contribution in [1.29, 1.82) is 0 Å². The lowest BCUT2D eigenvalue weighted by molar-refractivity contribution is -0.143. The predicted octanol–water partition coefficient (Wildman–Crippen LogP) is 5.40. The molecule has 202 valence electrons. The number of morpholine rings is 1. The topological polar surface area (TPSA) is 86.4 Å². The van der Waals surface area contributed by atoms with Crippen LogP contribution in [0.3, 0.4) is 0 Å². The number of carbonyl (C=O) groups excluding carboxylic acids is 1. The highest BCUT2D eigenvalue weighted by atomic mass is 19.4. The Labute approximate surface area is 219 Å². The van der Waals surface area contributed by atoms with Crippen LogP contribution in [-0.4, -0.2) is 71.7 Å². The largest absolute Gasteiger partial charge is 0.389 e. The molecule has 0 unspecified atom stereocenters. The average molecular weight is 529 g/mol. The Balaban J connectivity index is 1.41. The number of aromatic nitrogens is 3. The van der Waals surface area contributed by atoms with Crippen LogP contribution in [0.2, 0.25) is 0 Å². The Morgan fingerprint density at radius 1 is 1.13 bits per heavy atom. The van der Waals surface area contributed by atoms with E-state index in [2.05, 4.69) is 20.4 Å². The first-order valence-electron chi connectivity index (χ1n) is 12.8. The normalized spacial score (nSPS) is 18.2. The van der Waals surface area contributed by atoms with Gasteiger partial charge in [-0.25, -0.2) is 9.78 Å². The van der Waals surface area contributed by atoms with E-state index >= 15 is 0 Å². The number of anilines is 2. The molecule has 0 aliphatic carbocycles. The fourth-order valence-corrected chi connectivity index (χ4v) is 5.11. The van der Waals surface area contributed by atoms with Crippen LogP contribution in [-0.2, 0) is 4.74 Å². The minimum absolute atomic E-state index is 0.102. The van der Waals surface area contributed by atoms with E-state index in [0.717, 1.165) is 52.5 Å². The van der Waals surface area contributed by atoms with Gasteiger partial charge in [-0.15, -0.1) is 0 Å². The Morgan fingerprint density at radius 2 is 1.92 bits per heavy atom. The lowest BCUT2D eigenvalue weighted by Crippen LogP contribution is -2.36. The van der Waals surface area contributed by atoms with Crippen LogP contribution in [0.25, 0.3) is 22.4 Å². The number of amides is 2. The second-order valence-electron chi connectivity index (χ2n) is 9.96. The average Bonchev–Trinajstić information content (AvgIpc) is 3.53. The third-order valence-electron chi connectivity index (χ3n) is 7.15. The van der Waals surface area contributed by atoms with Gasteiger partial charge in [0.1, 0.15) is 5.82 Å². The number of likely N-dealkylation sites (tertiary alicyclic amines) is 1. The number of halogens is 3. The van der Waals surface area contributed by atoms with E-state index in [9.17, 15) is 18.0 Å². The molecule has 2 aliphatic heterocycles. The number of alkyl halides is 3. The van der Waals surface area contributed by atoms with Gasteiger partial charge in [-0.05, 0) is 67.1 Å². The highest BCUT2D eigenvalue weighted by Gasteiger charge is 2.36. The number of hydrogen-bond acceptors (Lipinski definition) is 5. The number of benzene rings is 1. The summed E-state index contributed by atoms with van der Waals surface area (Å²) in [6.45, 7) is 7.08. The van der Waals surface area contributed by atoms with Gasteiger partial charge in [0.15, 0.2) is 0 Å². The summed E-state index contributed by atoms with van der Waals surface area (Å²) in [6, 6.07) is 9.31. The van der Waals surface area contributed by atoms with Gasteiger partial charge in [-0.2, -0.15) is 18.3 Å². The number of aromatic amines is 1. The molecule has 2 amide bonds. The number of rotatable bonds is 5. The van der Waals surface area contributed by atoms with Gasteiger partial charge >= 0.3 is 12.2 Å². The number of H-pyrrole nitrogens is 1. The molecule has 1 atom stereocenters. The lowest BCUT2D eigenvalue weighted by Gasteiger charge is -2.28. The van der Waals surface area contributed by atoms with Gasteiger partial charge in [0.2, 0.25) is 0 Å². The van der Waals surface area contributed by atoms with Crippen molar-refractivity contribution in [3.63, 3.8) is 0 Å². The van der Waals surface area contributed by atoms with E-state index in [1.807, 2.05) is 50.4 Å². The van der Waals surface area contributed by atoms with E-state index < -0.39 is 18.5 Å². The molecule has 8 nitrogen and oxygen atoms in total. The summed E-state index contributed by atoms with van der Waals surface area (Å²) in [7, 11) is 0. The molecule has 2 N–H and O–H groups in total. The monoisotopic (exact) mass is 528 g/mol. The van der Waals surface area contributed by atoms with Crippen LogP contribution in [0.1, 0.15) is 24.1 Å². The first kappa shape index (κ1) is 26.0. The summed E-state index contributed by atoms with van der Waals surface area (Å²) in [5.74, 6) is 0.276. The third-order valence-corrected chi connectivity index (χ3v) is 7.15. The Bertz CT molecular complexity index is 1300. The maximum atomic E-state index is 12.9. The van der Waals surface area contributed by atoms with Gasteiger partial charge in [-0.3, -0.25) is 5.10 Å². The fraction of sp³-hybridized carbons (Fsp3) is 0.444. The van der Waals surface area contributed by atoms with Gasteiger partial charge in [0.05, 0.1) is 24.6 Å². The molecule has 0 spiro atoms. The van der Waals surface area contributed by atoms with Gasteiger partial charge in [0, 0.05) is 50.0 Å². The van der Waals surface area contributed by atoms with Crippen LogP contribution < -0.4 is 10.2 Å². The molecular weight excluding hydrogens is 497 g/mol. The standard InChI is InChI=1S/C27H31F3N6O2/c1-17-3-4-21(32-26(37)36-6-5-19(16-36)14-27(28,29)30)13-22(17)20-11-24(23-15-31-34-18(23)2)33-25(12-20)35-7-9-38-10-8-35/h3-4,11-13,15,19H,5-10,14,16H2,1-2H3,(H,31,34)(H,32,37)/t19-/m0/s1. The van der Waals surface area contributed by atoms with Crippen molar-refractivity contribution in [3.05, 3.63) is 47.8 Å². The number of hydrogen-bond donors (Lipinski definition) is 2. The van der Waals surface area contributed by atoms with Crippen molar-refractivity contribution in [2.45, 2.75) is 32.9 Å². The molecule has 11 heteroatoms. The van der Waals surface area contributed by atoms with Crippen molar-refractivity contribution >= 4 is 17.5 Å². The Kier molecular flexibility index (Phi) is 7.29. The first-order chi connectivity index (χ1) is 18.2. The molecule has 0 radical (unpaired) electrons. The van der Waals surface area contributed by atoms with E-state index in [4.69, 9.17) is 9.72 Å². The Hall–Kier alpha value is -3.60. The smallest absolute Gasteiger partial charge is 0.378 e. The summed E-state index contributed by atoms with van der Waals surface area (Å²) in [5.41, 5.74) is 6.01. The molecule has 5 rings (SSSR count). The SMILES string of the molecule is Cc1ccc(NC(=O)N2CC[C@@H](CC(F)(F)F)C2)cc1-c1cc(-c2c[nH]nc2C)nc(N2CCOCC2)c1. The number of nitrogens with zero attached hydrogens (tertiary/aromatic N) is 4. The summed E-state index contributed by atoms with van der Waals surface area (Å²) in [4.78, 5) is 21.4. The molecule has 2 saturated heterocycles. The predicted molar refractivity (Wildman–Crippen MR) is 139 cm³/mol. The number of aryl methyl sites for hydroxylation is 2. The van der Waals surface area contributed by atoms with Crippen LogP contribution >= 0.6 is 0 Å². The number of carbonyl (C=O) groups is 1. The van der Waals surface area contributed by atoms with Crippen LogP contribution in [0.15, 0.2) is 36.5 Å². The molecule has 3 aromatic rings. The summed E-state index contributed by atoms with van der Waals surface area (Å²) < 4.78 is 43.8. The molecule has 0 saturated carbocycles. The van der Waals surface area contributed by atoms with Gasteiger partial charge in [-0.1, -0.05) is 6.07 Å². The minimum Gasteiger partial charge on any atom is -0.378 e. The zero-order valence-electron chi connectivity index (χ0n) is 21.4. The summed E-state index contributed by atoms with van der Waals surface area (Å²) in [6.07, 6.45) is -2.90. The molecule has 1 aromatic carbocycles. The maximum absolute atomic E-state index is 12.9. The molecule has 0 bridgehead atoms. The first-order valence-corrected chi connectivity index (χ1v) is 12.8. The fourth-order valence-electron chi connectivity index (χ4n) is 5.11. The zero-order valence-corrected chi connectivity index (χ0v) is 21.4. The maximum Gasteiger partial charge on any atom is 0.389 e. The van der Waals surface area contributed by atoms with Crippen molar-refractivity contribution in [2.75, 3.05) is 49.6 Å². The van der Waals surface area contributed by atoms with E-state index in [1.54, 1.807) is 0 Å². The summed E-state index contributed by atoms with van der Waals surface area (Å²) >= 11 is 0. The van der Waals surface area contributed by atoms with Crippen LogP contribution in [0, 0.1) is 19.8 Å². The zero-order chi connectivity index (χ0) is 26.9. The molecular formula is C27H31F3N6O2. The van der Waals surface area contributed by atoms with Crippen molar-refractivity contribution in [1.82, 2.24) is 20.1 Å². The lowest BCUT2D eigenvalue weighted by atomic mass is 9.98. The molecule has 2 fully saturated rings. The van der Waals surface area contributed by atoms with Crippen molar-refractivity contribution in [2.24, 2.45) is 5.92 Å². The summed E-state index contributed by atoms with van der Waals surface area (Å²) in [5, 5.41) is 10.0. The number of nitrogens with one attached hydrogen (secondary N) is 2. The van der Waals surface area contributed by atoms with E-state index in [1.165, 1.54) is 4.90 Å². The van der Waals surface area contributed by atoms with E-state index in [0.29, 0.717) is 31.9 Å². The highest BCUT2D eigenvalue weighted by Crippen LogP contribution is 2.34. The van der Waals surface area contributed by atoms with Crippen LogP contribution in [0.4, 0.5) is 29.5 Å². The molecule has 4 heterocycles. The van der Waals surface area contributed by atoms with Gasteiger partial charge < -0.3 is 19.9 Å². The number of pyridine rings is 1. The van der Waals surface area contributed by atoms with Crippen LogP contribution in [0.5, 0.6) is 0 Å². The second-order valence-corrected chi connectivity index (χ2v) is 9.96. The number of urea groups is 1. The van der Waals surface area contributed by atoms with Crippen molar-refractivity contribution < 1.29 is 22.7 Å². The molecule has 38 heavy (non-hydrogen) atoms. The van der Waals surface area contributed by atoms with Gasteiger partial charge in [0.25, 0.3) is 0 Å². The Morgan fingerprint density at radius 3 is 2.63 bits per heavy atom. The molecule has 2 aliphatic rings. The minimum atomic E-state index is -4.22.